The highest BCUT2D eigenvalue weighted by atomic mass is 35.5. The van der Waals surface area contributed by atoms with E-state index in [4.69, 9.17) is 16.3 Å². The maximum Gasteiger partial charge on any atom is 0.271 e. The third kappa shape index (κ3) is 3.52. The third-order valence-electron chi connectivity index (χ3n) is 3.04. The second-order valence-electron chi connectivity index (χ2n) is 4.84. The first-order valence-electron chi connectivity index (χ1n) is 6.54. The molecular weight excluding hydrogens is 297 g/mol. The molecular formula is C14H13ClFN3O2. The maximum absolute atomic E-state index is 13.0. The Hall–Kier alpha value is -2.08. The van der Waals surface area contributed by atoms with Crippen molar-refractivity contribution in [1.82, 2.24) is 15.1 Å². The van der Waals surface area contributed by atoms with Crippen LogP contribution in [0, 0.1) is 5.82 Å². The Morgan fingerprint density at radius 3 is 3.00 bits per heavy atom. The standard InChI is InChI=1S/C14H13ClFN3O2/c15-11-7-10(3-4-12(11)16)21-8-19-6-5-13(18-19)14(20)17-9-1-2-9/h3-7,9H,1-2,8H2,(H,17,20). The van der Waals surface area contributed by atoms with Gasteiger partial charge in [-0.25, -0.2) is 9.07 Å². The minimum atomic E-state index is -0.498. The molecule has 21 heavy (non-hydrogen) atoms. The van der Waals surface area contributed by atoms with Gasteiger partial charge in [0.1, 0.15) is 17.3 Å². The fourth-order valence-electron chi connectivity index (χ4n) is 1.75. The first-order chi connectivity index (χ1) is 10.1. The molecule has 0 atom stereocenters. The summed E-state index contributed by atoms with van der Waals surface area (Å²) in [6.07, 6.45) is 3.70. The van der Waals surface area contributed by atoms with Crippen LogP contribution >= 0.6 is 11.6 Å². The van der Waals surface area contributed by atoms with Crippen LogP contribution in [0.4, 0.5) is 4.39 Å². The maximum atomic E-state index is 13.0. The summed E-state index contributed by atoms with van der Waals surface area (Å²) < 4.78 is 19.9. The molecule has 1 saturated carbocycles. The van der Waals surface area contributed by atoms with E-state index in [9.17, 15) is 9.18 Å². The molecule has 1 heterocycles. The van der Waals surface area contributed by atoms with E-state index in [1.165, 1.54) is 22.9 Å². The zero-order valence-electron chi connectivity index (χ0n) is 11.1. The molecule has 1 aromatic heterocycles. The Morgan fingerprint density at radius 1 is 1.48 bits per heavy atom. The average molecular weight is 310 g/mol. The fourth-order valence-corrected chi connectivity index (χ4v) is 1.92. The van der Waals surface area contributed by atoms with Gasteiger partial charge in [0.2, 0.25) is 0 Å². The molecule has 0 radical (unpaired) electrons. The van der Waals surface area contributed by atoms with E-state index in [1.807, 2.05) is 0 Å². The van der Waals surface area contributed by atoms with Gasteiger partial charge in [0.05, 0.1) is 5.02 Å². The van der Waals surface area contributed by atoms with Crippen molar-refractivity contribution in [3.05, 3.63) is 47.0 Å². The van der Waals surface area contributed by atoms with Gasteiger partial charge in [0.25, 0.3) is 5.91 Å². The molecule has 0 bridgehead atoms. The lowest BCUT2D eigenvalue weighted by Gasteiger charge is -2.06. The molecule has 110 valence electrons. The molecule has 5 nitrogen and oxygen atoms in total. The predicted molar refractivity (Wildman–Crippen MR) is 74.8 cm³/mol. The highest BCUT2D eigenvalue weighted by Gasteiger charge is 2.24. The second kappa shape index (κ2) is 5.73. The van der Waals surface area contributed by atoms with Crippen molar-refractivity contribution in [1.29, 1.82) is 0 Å². The summed E-state index contributed by atoms with van der Waals surface area (Å²) in [6.45, 7) is 0.110. The molecule has 1 fully saturated rings. The van der Waals surface area contributed by atoms with Crippen molar-refractivity contribution < 1.29 is 13.9 Å². The number of ether oxygens (including phenoxy) is 1. The highest BCUT2D eigenvalue weighted by Crippen LogP contribution is 2.21. The molecule has 2 aromatic rings. The smallest absolute Gasteiger partial charge is 0.271 e. The normalized spacial score (nSPS) is 14.0. The van der Waals surface area contributed by atoms with Gasteiger partial charge in [-0.2, -0.15) is 5.10 Å². The van der Waals surface area contributed by atoms with E-state index in [0.717, 1.165) is 12.8 Å². The summed E-state index contributed by atoms with van der Waals surface area (Å²) in [5.74, 6) is -0.246. The zero-order valence-corrected chi connectivity index (χ0v) is 11.8. The van der Waals surface area contributed by atoms with E-state index in [2.05, 4.69) is 10.4 Å². The topological polar surface area (TPSA) is 56.2 Å². The molecule has 0 unspecified atom stereocenters. The number of aromatic nitrogens is 2. The molecule has 0 aliphatic heterocycles. The van der Waals surface area contributed by atoms with E-state index in [1.54, 1.807) is 12.3 Å². The van der Waals surface area contributed by atoms with Crippen molar-refractivity contribution in [2.75, 3.05) is 0 Å². The number of nitrogens with zero attached hydrogens (tertiary/aromatic N) is 2. The minimum absolute atomic E-state index is 0.00235. The summed E-state index contributed by atoms with van der Waals surface area (Å²) >= 11 is 5.67. The van der Waals surface area contributed by atoms with Crippen molar-refractivity contribution in [2.45, 2.75) is 25.6 Å². The Balaban J connectivity index is 1.58. The van der Waals surface area contributed by atoms with Crippen LogP contribution in [-0.2, 0) is 6.73 Å². The Bertz CT molecular complexity index is 670. The van der Waals surface area contributed by atoms with Gasteiger partial charge >= 0.3 is 0 Å². The first-order valence-corrected chi connectivity index (χ1v) is 6.92. The van der Waals surface area contributed by atoms with Gasteiger partial charge in [-0.15, -0.1) is 0 Å². The monoisotopic (exact) mass is 309 g/mol. The summed E-state index contributed by atoms with van der Waals surface area (Å²) in [7, 11) is 0. The van der Waals surface area contributed by atoms with Gasteiger partial charge in [-0.3, -0.25) is 4.79 Å². The van der Waals surface area contributed by atoms with E-state index in [-0.39, 0.29) is 17.7 Å². The van der Waals surface area contributed by atoms with Gasteiger partial charge in [-0.05, 0) is 31.0 Å². The van der Waals surface area contributed by atoms with E-state index < -0.39 is 5.82 Å². The minimum Gasteiger partial charge on any atom is -0.471 e. The predicted octanol–water partition coefficient (Wildman–Crippen LogP) is 2.60. The number of halogens is 2. The SMILES string of the molecule is O=C(NC1CC1)c1ccn(COc2ccc(F)c(Cl)c2)n1. The molecule has 3 rings (SSSR count). The lowest BCUT2D eigenvalue weighted by molar-refractivity contribution is 0.0944. The zero-order chi connectivity index (χ0) is 14.8. The van der Waals surface area contributed by atoms with Crippen molar-refractivity contribution >= 4 is 17.5 Å². The quantitative estimate of drug-likeness (QED) is 0.923. The van der Waals surface area contributed by atoms with Crippen LogP contribution in [-0.4, -0.2) is 21.7 Å². The first kappa shape index (κ1) is 13.9. The third-order valence-corrected chi connectivity index (χ3v) is 3.33. The average Bonchev–Trinajstić information content (AvgIpc) is 3.15. The summed E-state index contributed by atoms with van der Waals surface area (Å²) in [5, 5.41) is 6.97. The molecule has 0 saturated heterocycles. The molecule has 1 aromatic carbocycles. The summed E-state index contributed by atoms with van der Waals surface area (Å²) in [6, 6.07) is 6.01. The fraction of sp³-hybridized carbons (Fsp3) is 0.286. The molecule has 7 heteroatoms. The molecule has 1 aliphatic carbocycles. The molecule has 1 aliphatic rings. The van der Waals surface area contributed by atoms with Crippen LogP contribution in [0.15, 0.2) is 30.5 Å². The summed E-state index contributed by atoms with van der Waals surface area (Å²) in [5.41, 5.74) is 0.350. The number of amides is 1. The van der Waals surface area contributed by atoms with Crippen LogP contribution in [0.5, 0.6) is 5.75 Å². The van der Waals surface area contributed by atoms with Gasteiger partial charge < -0.3 is 10.1 Å². The number of benzene rings is 1. The highest BCUT2D eigenvalue weighted by molar-refractivity contribution is 6.30. The Labute approximate surface area is 125 Å². The van der Waals surface area contributed by atoms with Crippen molar-refractivity contribution in [3.8, 4) is 5.75 Å². The van der Waals surface area contributed by atoms with Crippen LogP contribution in [0.1, 0.15) is 23.3 Å². The van der Waals surface area contributed by atoms with Crippen LogP contribution in [0.2, 0.25) is 5.02 Å². The Morgan fingerprint density at radius 2 is 2.29 bits per heavy atom. The number of nitrogens with one attached hydrogen (secondary N) is 1. The second-order valence-corrected chi connectivity index (χ2v) is 5.24. The number of rotatable bonds is 5. The van der Waals surface area contributed by atoms with Gasteiger partial charge in [0.15, 0.2) is 6.73 Å². The van der Waals surface area contributed by atoms with Gasteiger partial charge in [0, 0.05) is 18.3 Å². The largest absolute Gasteiger partial charge is 0.471 e. The van der Waals surface area contributed by atoms with E-state index >= 15 is 0 Å². The van der Waals surface area contributed by atoms with Crippen LogP contribution in [0.25, 0.3) is 0 Å². The molecule has 1 N–H and O–H groups in total. The molecule has 1 amide bonds. The van der Waals surface area contributed by atoms with Crippen molar-refractivity contribution in [3.63, 3.8) is 0 Å². The number of hydrogen-bond acceptors (Lipinski definition) is 3. The van der Waals surface area contributed by atoms with E-state index in [0.29, 0.717) is 17.5 Å². The number of hydrogen-bond donors (Lipinski definition) is 1. The van der Waals surface area contributed by atoms with Crippen LogP contribution < -0.4 is 10.1 Å². The number of carbonyl (C=O) groups excluding carboxylic acids is 1. The van der Waals surface area contributed by atoms with Crippen LogP contribution in [0.3, 0.4) is 0 Å². The lowest BCUT2D eigenvalue weighted by Crippen LogP contribution is -2.26. The Kier molecular flexibility index (Phi) is 3.79. The lowest BCUT2D eigenvalue weighted by atomic mass is 10.3. The van der Waals surface area contributed by atoms with Gasteiger partial charge in [-0.1, -0.05) is 11.6 Å². The summed E-state index contributed by atoms with van der Waals surface area (Å²) in [4.78, 5) is 11.8. The number of carbonyl (C=O) groups is 1. The van der Waals surface area contributed by atoms with Crippen molar-refractivity contribution in [2.24, 2.45) is 0 Å². The molecule has 0 spiro atoms.